The van der Waals surface area contributed by atoms with Crippen LogP contribution in [0.3, 0.4) is 0 Å². The van der Waals surface area contributed by atoms with Gasteiger partial charge in [0.15, 0.2) is 0 Å². The lowest BCUT2D eigenvalue weighted by atomic mass is 9.90. The van der Waals surface area contributed by atoms with Crippen LogP contribution in [-0.2, 0) is 4.79 Å². The van der Waals surface area contributed by atoms with E-state index in [0.29, 0.717) is 25.9 Å². The van der Waals surface area contributed by atoms with Crippen molar-refractivity contribution in [2.75, 3.05) is 20.1 Å². The summed E-state index contributed by atoms with van der Waals surface area (Å²) in [7, 11) is 1.65. The van der Waals surface area contributed by atoms with Crippen LogP contribution in [0.4, 0.5) is 0 Å². The van der Waals surface area contributed by atoms with Crippen molar-refractivity contribution in [3.05, 3.63) is 0 Å². The van der Waals surface area contributed by atoms with E-state index >= 15 is 0 Å². The molecular weight excluding hydrogens is 236 g/mol. The van der Waals surface area contributed by atoms with E-state index in [1.165, 1.54) is 4.90 Å². The highest BCUT2D eigenvalue weighted by molar-refractivity contribution is 5.76. The third-order valence-electron chi connectivity index (χ3n) is 4.24. The lowest BCUT2D eigenvalue weighted by molar-refractivity contribution is -0.148. The van der Waals surface area contributed by atoms with Crippen molar-refractivity contribution in [2.45, 2.75) is 50.2 Å². The number of fused-ring (bicyclic) bond motifs is 1. The Labute approximate surface area is 107 Å². The van der Waals surface area contributed by atoms with Crippen LogP contribution in [0.1, 0.15) is 19.8 Å². The zero-order chi connectivity index (χ0) is 13.4. The molecular formula is C12H22N2O4. The second-order valence-electron chi connectivity index (χ2n) is 5.25. The van der Waals surface area contributed by atoms with E-state index in [9.17, 15) is 20.1 Å². The summed E-state index contributed by atoms with van der Waals surface area (Å²) in [5.74, 6) is -0.0514. The van der Waals surface area contributed by atoms with Gasteiger partial charge in [0.25, 0.3) is 0 Å². The molecule has 2 rings (SSSR count). The number of rotatable bonds is 2. The van der Waals surface area contributed by atoms with Gasteiger partial charge in [0, 0.05) is 26.6 Å². The van der Waals surface area contributed by atoms with Crippen molar-refractivity contribution < 1.29 is 20.1 Å². The zero-order valence-corrected chi connectivity index (χ0v) is 10.9. The number of carbonyl (C=O) groups excluding carboxylic acids is 1. The molecule has 5 atom stereocenters. The van der Waals surface area contributed by atoms with Crippen LogP contribution in [0, 0.1) is 0 Å². The number of hydrogen-bond acceptors (Lipinski definition) is 5. The summed E-state index contributed by atoms with van der Waals surface area (Å²) >= 11 is 0. The van der Waals surface area contributed by atoms with Crippen molar-refractivity contribution in [1.29, 1.82) is 0 Å². The minimum absolute atomic E-state index is 0.0514. The Kier molecular flexibility index (Phi) is 3.91. The van der Waals surface area contributed by atoms with Crippen LogP contribution in [0.15, 0.2) is 0 Å². The number of aliphatic hydroxyl groups excluding tert-OH is 3. The molecule has 6 heteroatoms. The van der Waals surface area contributed by atoms with E-state index in [1.54, 1.807) is 14.0 Å². The van der Waals surface area contributed by atoms with Gasteiger partial charge in [0.05, 0.1) is 24.3 Å². The van der Waals surface area contributed by atoms with Crippen LogP contribution in [0.25, 0.3) is 0 Å². The molecule has 2 saturated heterocycles. The Hall–Kier alpha value is -0.690. The molecule has 0 aromatic carbocycles. The SMILES string of the molecule is CCC(=O)N(C)[C@H]1CN2CC[C@H](O)[C@@H]2[C@@H](O)[C@@H]1O. The van der Waals surface area contributed by atoms with E-state index in [1.807, 2.05) is 4.90 Å². The first-order valence-electron chi connectivity index (χ1n) is 6.51. The van der Waals surface area contributed by atoms with Gasteiger partial charge >= 0.3 is 0 Å². The Morgan fingerprint density at radius 3 is 2.61 bits per heavy atom. The molecule has 0 aromatic heterocycles. The number of aliphatic hydroxyl groups is 3. The third-order valence-corrected chi connectivity index (χ3v) is 4.24. The fraction of sp³-hybridized carbons (Fsp3) is 0.917. The van der Waals surface area contributed by atoms with Gasteiger partial charge in [-0.2, -0.15) is 0 Å². The number of nitrogens with zero attached hydrogens (tertiary/aromatic N) is 2. The standard InChI is InChI=1S/C12H22N2O4/c1-3-9(16)13(2)7-6-14-5-4-8(15)10(14)12(18)11(7)17/h7-8,10-12,15,17-18H,3-6H2,1-2H3/t7-,8-,10+,11+,12+/m0/s1. The summed E-state index contributed by atoms with van der Waals surface area (Å²) in [4.78, 5) is 15.2. The predicted octanol–water partition coefficient (Wildman–Crippen LogP) is -1.61. The molecule has 1 amide bonds. The second kappa shape index (κ2) is 5.13. The number of carbonyl (C=O) groups is 1. The molecule has 0 aliphatic carbocycles. The largest absolute Gasteiger partial charge is 0.391 e. The van der Waals surface area contributed by atoms with Gasteiger partial charge < -0.3 is 20.2 Å². The van der Waals surface area contributed by atoms with Crippen LogP contribution >= 0.6 is 0 Å². The number of hydrogen-bond donors (Lipinski definition) is 3. The highest BCUT2D eigenvalue weighted by Gasteiger charge is 2.49. The van der Waals surface area contributed by atoms with E-state index in [0.717, 1.165) is 0 Å². The quantitative estimate of drug-likeness (QED) is 0.555. The first kappa shape index (κ1) is 13.7. The number of piperidine rings is 1. The molecule has 104 valence electrons. The fourth-order valence-corrected chi connectivity index (χ4v) is 3.08. The molecule has 0 bridgehead atoms. The lowest BCUT2D eigenvalue weighted by Crippen LogP contribution is -2.65. The van der Waals surface area contributed by atoms with Crippen molar-refractivity contribution in [2.24, 2.45) is 0 Å². The number of likely N-dealkylation sites (N-methyl/N-ethyl adjacent to an activating group) is 1. The highest BCUT2D eigenvalue weighted by Crippen LogP contribution is 2.29. The van der Waals surface area contributed by atoms with Crippen LogP contribution in [-0.4, -0.2) is 81.6 Å². The number of amides is 1. The minimum atomic E-state index is -1.01. The topological polar surface area (TPSA) is 84.2 Å². The van der Waals surface area contributed by atoms with Gasteiger partial charge in [-0.1, -0.05) is 6.92 Å². The van der Waals surface area contributed by atoms with E-state index in [2.05, 4.69) is 0 Å². The Balaban J connectivity index is 2.13. The minimum Gasteiger partial charge on any atom is -0.391 e. The lowest BCUT2D eigenvalue weighted by Gasteiger charge is -2.45. The smallest absolute Gasteiger partial charge is 0.222 e. The Morgan fingerprint density at radius 1 is 1.33 bits per heavy atom. The molecule has 6 nitrogen and oxygen atoms in total. The molecule has 0 unspecified atom stereocenters. The summed E-state index contributed by atoms with van der Waals surface area (Å²) in [6.07, 6.45) is -1.62. The maximum atomic E-state index is 11.7. The average Bonchev–Trinajstić information content (AvgIpc) is 2.73. The van der Waals surface area contributed by atoms with Crippen LogP contribution in [0.2, 0.25) is 0 Å². The van der Waals surface area contributed by atoms with E-state index in [-0.39, 0.29) is 5.91 Å². The molecule has 0 aromatic rings. The van der Waals surface area contributed by atoms with Gasteiger partial charge in [-0.15, -0.1) is 0 Å². The van der Waals surface area contributed by atoms with Crippen molar-refractivity contribution in [3.8, 4) is 0 Å². The molecule has 0 spiro atoms. The molecule has 0 saturated carbocycles. The average molecular weight is 258 g/mol. The van der Waals surface area contributed by atoms with Gasteiger partial charge in [-0.05, 0) is 6.42 Å². The molecule has 3 N–H and O–H groups in total. The van der Waals surface area contributed by atoms with Crippen molar-refractivity contribution in [3.63, 3.8) is 0 Å². The van der Waals surface area contributed by atoms with E-state index < -0.39 is 30.4 Å². The molecule has 18 heavy (non-hydrogen) atoms. The van der Waals surface area contributed by atoms with Gasteiger partial charge in [-0.25, -0.2) is 0 Å². The Morgan fingerprint density at radius 2 is 2.00 bits per heavy atom. The summed E-state index contributed by atoms with van der Waals surface area (Å²) < 4.78 is 0. The molecule has 2 aliphatic heterocycles. The summed E-state index contributed by atoms with van der Waals surface area (Å²) in [5.41, 5.74) is 0. The van der Waals surface area contributed by atoms with Gasteiger partial charge in [-0.3, -0.25) is 9.69 Å². The molecule has 2 heterocycles. The first-order chi connectivity index (χ1) is 8.47. The fourth-order valence-electron chi connectivity index (χ4n) is 3.08. The van der Waals surface area contributed by atoms with Crippen LogP contribution < -0.4 is 0 Å². The maximum absolute atomic E-state index is 11.7. The second-order valence-corrected chi connectivity index (χ2v) is 5.25. The maximum Gasteiger partial charge on any atom is 0.222 e. The third kappa shape index (κ3) is 2.14. The summed E-state index contributed by atoms with van der Waals surface area (Å²) in [6.45, 7) is 2.97. The zero-order valence-electron chi connectivity index (χ0n) is 10.9. The van der Waals surface area contributed by atoms with Gasteiger partial charge in [0.1, 0.15) is 6.10 Å². The Bertz CT molecular complexity index is 325. The highest BCUT2D eigenvalue weighted by atomic mass is 16.3. The van der Waals surface area contributed by atoms with Gasteiger partial charge in [0.2, 0.25) is 5.91 Å². The summed E-state index contributed by atoms with van der Waals surface area (Å²) in [5, 5.41) is 30.0. The normalized spacial score (nSPS) is 40.6. The van der Waals surface area contributed by atoms with Crippen LogP contribution in [0.5, 0.6) is 0 Å². The molecule has 2 aliphatic rings. The van der Waals surface area contributed by atoms with Crippen molar-refractivity contribution >= 4 is 5.91 Å². The molecule has 0 radical (unpaired) electrons. The van der Waals surface area contributed by atoms with Crippen molar-refractivity contribution in [1.82, 2.24) is 9.80 Å². The monoisotopic (exact) mass is 258 g/mol. The first-order valence-corrected chi connectivity index (χ1v) is 6.51. The molecule has 2 fully saturated rings. The predicted molar refractivity (Wildman–Crippen MR) is 64.8 cm³/mol. The van der Waals surface area contributed by atoms with E-state index in [4.69, 9.17) is 0 Å². The summed E-state index contributed by atoms with van der Waals surface area (Å²) in [6, 6.07) is -0.810.